The molecule has 1 saturated heterocycles. The second-order valence-electron chi connectivity index (χ2n) is 6.82. The summed E-state index contributed by atoms with van der Waals surface area (Å²) in [7, 11) is 0. The van der Waals surface area contributed by atoms with Crippen LogP contribution in [0.4, 0.5) is 23.4 Å². The van der Waals surface area contributed by atoms with Crippen LogP contribution in [-0.4, -0.2) is 49.7 Å². The largest absolute Gasteiger partial charge is 0.419 e. The van der Waals surface area contributed by atoms with E-state index in [1.54, 1.807) is 12.1 Å². The van der Waals surface area contributed by atoms with Crippen molar-refractivity contribution in [2.45, 2.75) is 17.2 Å². The Labute approximate surface area is 165 Å². The summed E-state index contributed by atoms with van der Waals surface area (Å²) in [5.74, 6) is 0.919. The third kappa shape index (κ3) is 5.83. The number of nitrogens with one attached hydrogen (secondary N) is 2. The Morgan fingerprint density at radius 1 is 1.11 bits per heavy atom. The molecule has 0 amide bonds. The molecule has 0 radical (unpaired) electrons. The minimum Gasteiger partial charge on any atom is -0.386 e. The molecule has 3 rings (SSSR count). The first-order valence-electron chi connectivity index (χ1n) is 9.05. The van der Waals surface area contributed by atoms with Crippen LogP contribution in [0.25, 0.3) is 0 Å². The first-order valence-corrected chi connectivity index (χ1v) is 10.0. The van der Waals surface area contributed by atoms with Crippen LogP contribution in [0.1, 0.15) is 5.56 Å². The number of hydrogen-bond donors (Lipinski definition) is 2. The number of H-pyrrole nitrogens is 1. The van der Waals surface area contributed by atoms with E-state index in [1.807, 2.05) is 4.90 Å². The molecule has 0 unspecified atom stereocenters. The normalized spacial score (nSPS) is 17.0. The molecule has 3 N–H and O–H groups in total. The molecule has 0 bridgehead atoms. The molecule has 28 heavy (non-hydrogen) atoms. The lowest BCUT2D eigenvalue weighted by Gasteiger charge is -2.29. The standard InChI is InChI=1S/C19H21F4N3OS/c20-15-2-4-17(5-3-15)28-13-16(27)12-25-7-9-26(10-8-25)18-6-1-14(11-24-18)19(21,22)23/h1-6,11,16,27H,7-10,12-13H2/p+2/t16-/m0/s1. The van der Waals surface area contributed by atoms with Gasteiger partial charge in [0.05, 0.1) is 5.56 Å². The fraction of sp³-hybridized carbons (Fsp3) is 0.421. The number of rotatable bonds is 6. The maximum Gasteiger partial charge on any atom is 0.419 e. The van der Waals surface area contributed by atoms with Gasteiger partial charge in [0, 0.05) is 16.7 Å². The number of halogens is 4. The zero-order valence-electron chi connectivity index (χ0n) is 15.2. The predicted molar refractivity (Wildman–Crippen MR) is 98.9 cm³/mol. The molecule has 1 aliphatic rings. The SMILES string of the molecule is O[C@H](CSc1ccc(F)cc1)C[NH+]1CCN(c2ccc(C(F)(F)F)c[nH+]2)CC1. The first kappa shape index (κ1) is 20.9. The van der Waals surface area contributed by atoms with Crippen molar-refractivity contribution in [1.82, 2.24) is 0 Å². The topological polar surface area (TPSA) is 42.1 Å². The van der Waals surface area contributed by atoms with Crippen molar-refractivity contribution in [2.75, 3.05) is 43.4 Å². The summed E-state index contributed by atoms with van der Waals surface area (Å²) in [5, 5.41) is 10.3. The number of aromatic amines is 1. The third-order valence-electron chi connectivity index (χ3n) is 4.72. The van der Waals surface area contributed by atoms with E-state index < -0.39 is 17.8 Å². The molecule has 9 heteroatoms. The molecule has 0 spiro atoms. The monoisotopic (exact) mass is 417 g/mol. The number of aliphatic hydroxyl groups excluding tert-OH is 1. The van der Waals surface area contributed by atoms with E-state index in [2.05, 4.69) is 4.98 Å². The van der Waals surface area contributed by atoms with E-state index >= 15 is 0 Å². The molecule has 1 aromatic carbocycles. The van der Waals surface area contributed by atoms with Gasteiger partial charge >= 0.3 is 6.18 Å². The molecule has 0 aliphatic carbocycles. The van der Waals surface area contributed by atoms with Crippen LogP contribution in [0, 0.1) is 5.82 Å². The molecule has 0 saturated carbocycles. The maximum atomic E-state index is 12.9. The number of alkyl halides is 3. The molecule has 1 aromatic heterocycles. The lowest BCUT2D eigenvalue weighted by atomic mass is 10.2. The number of benzene rings is 1. The quantitative estimate of drug-likeness (QED) is 0.553. The molecule has 2 heterocycles. The summed E-state index contributed by atoms with van der Waals surface area (Å²) in [4.78, 5) is 6.92. The van der Waals surface area contributed by atoms with Crippen LogP contribution in [0.2, 0.25) is 0 Å². The summed E-state index contributed by atoms with van der Waals surface area (Å²) in [5.41, 5.74) is -0.692. The average molecular weight is 417 g/mol. The summed E-state index contributed by atoms with van der Waals surface area (Å²) >= 11 is 1.49. The van der Waals surface area contributed by atoms with Crippen molar-refractivity contribution in [3.63, 3.8) is 0 Å². The van der Waals surface area contributed by atoms with Gasteiger partial charge in [0.1, 0.15) is 50.8 Å². The molecule has 1 aliphatic heterocycles. The first-order chi connectivity index (χ1) is 13.3. The summed E-state index contributed by atoms with van der Waals surface area (Å²) < 4.78 is 50.8. The van der Waals surface area contributed by atoms with E-state index in [0.717, 1.165) is 30.2 Å². The van der Waals surface area contributed by atoms with Crippen LogP contribution in [0.5, 0.6) is 0 Å². The minimum absolute atomic E-state index is 0.280. The van der Waals surface area contributed by atoms with Crippen molar-refractivity contribution in [1.29, 1.82) is 0 Å². The Morgan fingerprint density at radius 3 is 2.36 bits per heavy atom. The van der Waals surface area contributed by atoms with Gasteiger partial charge in [0.2, 0.25) is 0 Å². The Balaban J connectivity index is 1.42. The van der Waals surface area contributed by atoms with E-state index in [4.69, 9.17) is 0 Å². The molecule has 1 atom stereocenters. The fourth-order valence-electron chi connectivity index (χ4n) is 3.17. The van der Waals surface area contributed by atoms with Gasteiger partial charge in [-0.2, -0.15) is 13.2 Å². The minimum atomic E-state index is -4.35. The fourth-order valence-corrected chi connectivity index (χ4v) is 4.00. The van der Waals surface area contributed by atoms with E-state index in [-0.39, 0.29) is 5.82 Å². The Morgan fingerprint density at radius 2 is 1.79 bits per heavy atom. The van der Waals surface area contributed by atoms with Gasteiger partial charge in [-0.3, -0.25) is 4.90 Å². The summed E-state index contributed by atoms with van der Waals surface area (Å²) in [6.07, 6.45) is -3.83. The molecule has 152 valence electrons. The number of thioether (sulfide) groups is 1. The zero-order chi connectivity index (χ0) is 20.1. The lowest BCUT2D eigenvalue weighted by Crippen LogP contribution is -3.16. The van der Waals surface area contributed by atoms with Gasteiger partial charge in [0.25, 0.3) is 5.82 Å². The van der Waals surface area contributed by atoms with E-state index in [1.165, 1.54) is 34.9 Å². The number of hydrogen-bond acceptors (Lipinski definition) is 3. The molecule has 4 nitrogen and oxygen atoms in total. The Bertz CT molecular complexity index is 747. The number of pyridine rings is 1. The number of nitrogens with zero attached hydrogens (tertiary/aromatic N) is 1. The summed E-state index contributed by atoms with van der Waals surface area (Å²) in [6.45, 7) is 3.61. The lowest BCUT2D eigenvalue weighted by molar-refractivity contribution is -0.903. The average Bonchev–Trinajstić information content (AvgIpc) is 2.68. The van der Waals surface area contributed by atoms with Crippen LogP contribution < -0.4 is 14.8 Å². The third-order valence-corrected chi connectivity index (χ3v) is 5.87. The maximum absolute atomic E-state index is 12.9. The zero-order valence-corrected chi connectivity index (χ0v) is 16.0. The second kappa shape index (κ2) is 9.11. The van der Waals surface area contributed by atoms with Gasteiger partial charge in [-0.15, -0.1) is 11.8 Å². The highest BCUT2D eigenvalue weighted by Gasteiger charge is 2.33. The van der Waals surface area contributed by atoms with Crippen LogP contribution >= 0.6 is 11.8 Å². The smallest absolute Gasteiger partial charge is 0.386 e. The van der Waals surface area contributed by atoms with Crippen molar-refractivity contribution in [3.8, 4) is 0 Å². The van der Waals surface area contributed by atoms with Gasteiger partial charge in [-0.1, -0.05) is 0 Å². The van der Waals surface area contributed by atoms with Crippen LogP contribution in [0.3, 0.4) is 0 Å². The number of piperazine rings is 1. The van der Waals surface area contributed by atoms with Gasteiger partial charge in [-0.05, 0) is 30.3 Å². The molecule has 2 aromatic rings. The van der Waals surface area contributed by atoms with Gasteiger partial charge in [0.15, 0.2) is 0 Å². The van der Waals surface area contributed by atoms with Crippen LogP contribution in [0.15, 0.2) is 47.5 Å². The van der Waals surface area contributed by atoms with E-state index in [9.17, 15) is 22.7 Å². The molecular formula is C19H23F4N3OS+2. The highest BCUT2D eigenvalue weighted by molar-refractivity contribution is 7.99. The predicted octanol–water partition coefficient (Wildman–Crippen LogP) is 1.52. The Hall–Kier alpha value is -1.84. The second-order valence-corrected chi connectivity index (χ2v) is 7.91. The Kier molecular flexibility index (Phi) is 6.79. The molecular weight excluding hydrogens is 394 g/mol. The van der Waals surface area contributed by atoms with Gasteiger partial charge < -0.3 is 10.0 Å². The molecule has 1 fully saturated rings. The van der Waals surface area contributed by atoms with Crippen molar-refractivity contribution < 1.29 is 32.6 Å². The number of anilines is 1. The highest BCUT2D eigenvalue weighted by Crippen LogP contribution is 2.28. The highest BCUT2D eigenvalue weighted by atomic mass is 32.2. The van der Waals surface area contributed by atoms with Crippen molar-refractivity contribution in [2.24, 2.45) is 0 Å². The van der Waals surface area contributed by atoms with E-state index in [0.29, 0.717) is 31.2 Å². The van der Waals surface area contributed by atoms with Crippen molar-refractivity contribution in [3.05, 3.63) is 54.0 Å². The van der Waals surface area contributed by atoms with Crippen molar-refractivity contribution >= 4 is 17.6 Å². The number of quaternary nitrogens is 1. The van der Waals surface area contributed by atoms with Crippen LogP contribution in [-0.2, 0) is 6.18 Å². The summed E-state index contributed by atoms with van der Waals surface area (Å²) in [6, 6.07) is 8.73. The van der Waals surface area contributed by atoms with Gasteiger partial charge in [-0.25, -0.2) is 9.37 Å². The number of aromatic nitrogens is 1. The number of aliphatic hydroxyl groups is 1.